The summed E-state index contributed by atoms with van der Waals surface area (Å²) in [4.78, 5) is 124. The number of carbonyl (C=O) groups excluding carboxylic acids is 9. The topological polar surface area (TPSA) is 286 Å². The van der Waals surface area contributed by atoms with Crippen LogP contribution in [0.3, 0.4) is 0 Å². The Morgan fingerprint density at radius 2 is 1.73 bits per heavy atom. The molecule has 4 heterocycles. The molecule has 0 aromatic heterocycles. The van der Waals surface area contributed by atoms with Crippen LogP contribution in [0.15, 0.2) is 35.9 Å². The van der Waals surface area contributed by atoms with Crippen molar-refractivity contribution in [3.05, 3.63) is 46.5 Å². The maximum absolute atomic E-state index is 14.5. The van der Waals surface area contributed by atoms with Crippen LogP contribution >= 0.6 is 11.6 Å². The molecule has 0 saturated carbocycles. The third kappa shape index (κ3) is 15.6. The summed E-state index contributed by atoms with van der Waals surface area (Å²) in [5, 5.41) is 19.9. The average molecular weight is 1100 g/mol. The van der Waals surface area contributed by atoms with E-state index in [9.17, 15) is 48.3 Å². The molecule has 77 heavy (non-hydrogen) atoms. The molecule has 0 spiro atoms. The largest absolute Gasteiger partial charge is 0.495 e. The van der Waals surface area contributed by atoms with Gasteiger partial charge in [-0.1, -0.05) is 76.4 Å². The van der Waals surface area contributed by atoms with Crippen LogP contribution in [0.1, 0.15) is 125 Å². The predicted octanol–water partition coefficient (Wildman–Crippen LogP) is 5.26. The molecule has 7 unspecified atom stereocenters. The van der Waals surface area contributed by atoms with Gasteiger partial charge in [-0.3, -0.25) is 39.0 Å². The predicted molar refractivity (Wildman–Crippen MR) is 285 cm³/mol. The molecule has 4 aliphatic rings. The van der Waals surface area contributed by atoms with Crippen LogP contribution in [-0.4, -0.2) is 144 Å². The summed E-state index contributed by atoms with van der Waals surface area (Å²) in [6.07, 6.45) is 3.72. The van der Waals surface area contributed by atoms with Gasteiger partial charge in [-0.2, -0.15) is 0 Å². The molecule has 6 N–H and O–H groups in total. The number of allylic oxidation sites excluding steroid dienone is 3. The lowest BCUT2D eigenvalue weighted by Crippen LogP contribution is -2.60. The summed E-state index contributed by atoms with van der Waals surface area (Å²) in [5.74, 6) is -5.59. The van der Waals surface area contributed by atoms with Crippen molar-refractivity contribution >= 4 is 70.7 Å². The molecule has 0 radical (unpaired) electrons. The molecular weight excluding hydrogens is 1020 g/mol. The number of ether oxygens (including phenoxy) is 4. The number of alkyl carbamates (subject to hydrolysis) is 1. The van der Waals surface area contributed by atoms with Crippen molar-refractivity contribution in [3.63, 3.8) is 0 Å². The second-order valence-electron chi connectivity index (χ2n) is 21.9. The molecule has 3 saturated heterocycles. The Labute approximate surface area is 456 Å². The Balaban J connectivity index is 1.36. The van der Waals surface area contributed by atoms with Crippen molar-refractivity contribution in [3.8, 4) is 5.75 Å². The number of likely N-dealkylation sites (tertiary alicyclic amines) is 1. The van der Waals surface area contributed by atoms with Gasteiger partial charge in [0.2, 0.25) is 29.5 Å². The number of imide groups is 1. The maximum atomic E-state index is 14.5. The monoisotopic (exact) mass is 1100 g/mol. The van der Waals surface area contributed by atoms with Crippen molar-refractivity contribution < 1.29 is 67.2 Å². The minimum atomic E-state index is -1.71. The number of methoxy groups -OCH3 is 1. The van der Waals surface area contributed by atoms with E-state index in [-0.39, 0.29) is 86.1 Å². The molecule has 21 nitrogen and oxygen atoms in total. The number of amides is 8. The number of hydrogen-bond donors (Lipinski definition) is 5. The van der Waals surface area contributed by atoms with E-state index < -0.39 is 102 Å². The number of urea groups is 1. The Hall–Kier alpha value is -6.06. The summed E-state index contributed by atoms with van der Waals surface area (Å²) in [6.45, 7) is 14.2. The zero-order valence-electron chi connectivity index (χ0n) is 46.4. The van der Waals surface area contributed by atoms with Gasteiger partial charge in [0.1, 0.15) is 52.2 Å². The number of benzene rings is 1. The lowest BCUT2D eigenvalue weighted by Gasteiger charge is -2.41. The Kier molecular flexibility index (Phi) is 21.3. The average Bonchev–Trinajstić information content (AvgIpc) is 4.00. The highest BCUT2D eigenvalue weighted by molar-refractivity contribution is 6.35. The minimum absolute atomic E-state index is 0.00131. The van der Waals surface area contributed by atoms with E-state index in [1.54, 1.807) is 65.8 Å². The Morgan fingerprint density at radius 1 is 1.03 bits per heavy atom. The highest BCUT2D eigenvalue weighted by Gasteiger charge is 2.64. The number of halogens is 1. The number of nitrogens with two attached hydrogens (primary N) is 1. The molecule has 426 valence electrons. The number of nitrogens with one attached hydrogen (secondary N) is 3. The van der Waals surface area contributed by atoms with Crippen molar-refractivity contribution in [2.45, 2.75) is 168 Å². The minimum Gasteiger partial charge on any atom is -0.495 e. The summed E-state index contributed by atoms with van der Waals surface area (Å²) >= 11 is 6.85. The van der Waals surface area contributed by atoms with Crippen LogP contribution in [-0.2, 0) is 54.2 Å². The van der Waals surface area contributed by atoms with Crippen LogP contribution in [0.5, 0.6) is 5.75 Å². The molecule has 4 aliphatic heterocycles. The summed E-state index contributed by atoms with van der Waals surface area (Å²) < 4.78 is 23.9. The first-order chi connectivity index (χ1) is 36.1. The number of hydrogen-bond acceptors (Lipinski definition) is 14. The van der Waals surface area contributed by atoms with Crippen LogP contribution in [0.25, 0.3) is 0 Å². The smallest absolute Gasteiger partial charge is 0.409 e. The number of nitrogens with zero attached hydrogens (tertiary/aromatic N) is 3. The first-order valence-corrected chi connectivity index (χ1v) is 27.0. The van der Waals surface area contributed by atoms with Crippen molar-refractivity contribution in [2.24, 2.45) is 35.3 Å². The fraction of sp³-hybridized carbons (Fsp3) is 0.655. The summed E-state index contributed by atoms with van der Waals surface area (Å²) in [6, 6.07) is 0.189. The van der Waals surface area contributed by atoms with Gasteiger partial charge in [-0.15, -0.1) is 0 Å². The molecule has 1 aromatic rings. The molecule has 5 rings (SSSR count). The van der Waals surface area contributed by atoms with Crippen LogP contribution < -0.4 is 31.3 Å². The van der Waals surface area contributed by atoms with E-state index in [1.165, 1.54) is 37.9 Å². The first kappa shape index (κ1) is 61.8. The van der Waals surface area contributed by atoms with Gasteiger partial charge in [0, 0.05) is 76.5 Å². The van der Waals surface area contributed by atoms with E-state index in [4.69, 9.17) is 36.3 Å². The van der Waals surface area contributed by atoms with Crippen LogP contribution in [0, 0.1) is 29.6 Å². The molecule has 3 fully saturated rings. The molecule has 11 atom stereocenters. The quantitative estimate of drug-likeness (QED) is 0.0482. The number of epoxide rings is 1. The molecule has 0 aliphatic carbocycles. The third-order valence-electron chi connectivity index (χ3n) is 15.6. The van der Waals surface area contributed by atoms with E-state index in [0.29, 0.717) is 37.1 Å². The van der Waals surface area contributed by atoms with Gasteiger partial charge in [0.25, 0.3) is 0 Å². The van der Waals surface area contributed by atoms with Crippen molar-refractivity contribution in [1.29, 1.82) is 0 Å². The lowest BCUT2D eigenvalue weighted by atomic mass is 9.82. The SMILES string of the molecule is COc1cc2cc(c1Cl)N(C)C(=O)C[C@H](OC(=O)[C@H](C)N(C)C(=O)[C@H](CCCNC(N)=O)NC(=O)[C@@H](CC(=O)CCCCCN1C(=O)CC(C)C1=O)C(C)C)C1(C)OC1C(C)C1CC(O)(NC(=O)O1)C(C)/C=C/C=C(\C)C2. The highest BCUT2D eigenvalue weighted by atomic mass is 35.5. The van der Waals surface area contributed by atoms with Crippen LogP contribution in [0.4, 0.5) is 15.3 Å². The number of primary amides is 1. The van der Waals surface area contributed by atoms with E-state index >= 15 is 0 Å². The first-order valence-electron chi connectivity index (χ1n) is 26.6. The molecular formula is C55H80ClN7O14. The third-order valence-corrected chi connectivity index (χ3v) is 16.0. The van der Waals surface area contributed by atoms with Gasteiger partial charge >= 0.3 is 18.1 Å². The fourth-order valence-corrected chi connectivity index (χ4v) is 10.5. The van der Waals surface area contributed by atoms with Crippen LogP contribution in [0.2, 0.25) is 5.02 Å². The highest BCUT2D eigenvalue weighted by Crippen LogP contribution is 2.49. The van der Waals surface area contributed by atoms with Gasteiger partial charge < -0.3 is 50.2 Å². The Bertz CT molecular complexity index is 2470. The number of fused-ring (bicyclic) bond motifs is 5. The maximum Gasteiger partial charge on any atom is 0.409 e. The lowest BCUT2D eigenvalue weighted by molar-refractivity contribution is -0.162. The number of Topliss-reactive ketones (excluding diaryl/α,β-unsaturated/α-hetero) is 1. The van der Waals surface area contributed by atoms with Gasteiger partial charge in [-0.05, 0) is 76.5 Å². The number of ketones is 1. The summed E-state index contributed by atoms with van der Waals surface area (Å²) in [7, 11) is 4.35. The number of esters is 1. The number of unbranched alkanes of at least 4 members (excludes halogenated alkanes) is 2. The van der Waals surface area contributed by atoms with Crippen molar-refractivity contribution in [1.82, 2.24) is 25.8 Å². The molecule has 22 heteroatoms. The van der Waals surface area contributed by atoms with Crippen molar-refractivity contribution in [2.75, 3.05) is 39.2 Å². The standard InChI is InChI=1S/C55H80ClN7O14/c1-30(2)38(27-37(64)19-13-12-14-22-63-45(66)24-32(4)49(63)68)48(67)59-39(20-16-21-58-52(57)71)50(69)61(9)35(7)51(70)76-43-28-44(65)62(10)40-25-36(26-41(74-11)46(40)56)23-31(3)17-15-18-33(5)55(73)29-42(75-53(72)60-55)34(6)47-54(43,8)77-47/h15,17-18,25-26,30,32-35,38-39,42-43,47,73H,12-14,16,19-24,27-29H2,1-11H3,(H,59,67)(H,60,72)(H3,57,58,71)/b18-15+,31-17+/t32?,33?,34?,35-,38-,39-,42?,43-,47?,54?,55?/m0/s1. The summed E-state index contributed by atoms with van der Waals surface area (Å²) in [5.41, 5.74) is 4.23. The second kappa shape index (κ2) is 26.5. The van der Waals surface area contributed by atoms with Gasteiger partial charge in [0.15, 0.2) is 0 Å². The number of aliphatic hydroxyl groups is 1. The van der Waals surface area contributed by atoms with Gasteiger partial charge in [0.05, 0.1) is 25.3 Å². The molecule has 8 amide bonds. The number of likely N-dealkylation sites (N-methyl/N-ethyl adjacent to an activating group) is 1. The number of carbonyl (C=O) groups is 9. The zero-order chi connectivity index (χ0) is 57.3. The van der Waals surface area contributed by atoms with E-state index in [0.717, 1.165) is 16.0 Å². The molecule has 4 bridgehead atoms. The normalized spacial score (nSPS) is 27.9. The Morgan fingerprint density at radius 3 is 2.36 bits per heavy atom. The zero-order valence-corrected chi connectivity index (χ0v) is 47.2. The number of anilines is 1. The molecule has 1 aromatic carbocycles. The van der Waals surface area contributed by atoms with E-state index in [1.807, 2.05) is 13.0 Å². The number of rotatable bonds is 20. The van der Waals surface area contributed by atoms with Gasteiger partial charge in [-0.25, -0.2) is 14.4 Å². The fourth-order valence-electron chi connectivity index (χ4n) is 10.2. The second-order valence-corrected chi connectivity index (χ2v) is 22.2. The van der Waals surface area contributed by atoms with E-state index in [2.05, 4.69) is 16.0 Å².